The molecule has 0 aliphatic rings. The molecule has 1 aromatic heterocycles. The van der Waals surface area contributed by atoms with Gasteiger partial charge in [0.1, 0.15) is 0 Å². The first-order valence-electron chi connectivity index (χ1n) is 5.41. The number of aromatic carboxylic acids is 1. The van der Waals surface area contributed by atoms with Crippen molar-refractivity contribution in [3.63, 3.8) is 0 Å². The van der Waals surface area contributed by atoms with Crippen LogP contribution in [0.15, 0.2) is 12.4 Å². The van der Waals surface area contributed by atoms with Crippen molar-refractivity contribution < 1.29 is 14.6 Å². The van der Waals surface area contributed by atoms with E-state index in [1.165, 1.54) is 12.4 Å². The highest BCUT2D eigenvalue weighted by atomic mass is 16.5. The summed E-state index contributed by atoms with van der Waals surface area (Å²) in [4.78, 5) is 20.7. The summed E-state index contributed by atoms with van der Waals surface area (Å²) in [5.74, 6) is -0.508. The van der Waals surface area contributed by atoms with Gasteiger partial charge in [0.2, 0.25) is 5.95 Å². The third-order valence-electron chi connectivity index (χ3n) is 2.42. The standard InChI is InChI=1S/C11H17N3O3/c1-4-14(8(2)7-17-3)11-12-5-9(6-13-11)10(15)16/h5-6,8H,4,7H2,1-3H3,(H,15,16). The van der Waals surface area contributed by atoms with Crippen LogP contribution in [0.5, 0.6) is 0 Å². The number of methoxy groups -OCH3 is 1. The van der Waals surface area contributed by atoms with Crippen molar-refractivity contribution in [1.29, 1.82) is 0 Å². The van der Waals surface area contributed by atoms with Gasteiger partial charge in [0.15, 0.2) is 0 Å². The monoisotopic (exact) mass is 239 g/mol. The van der Waals surface area contributed by atoms with E-state index in [0.29, 0.717) is 12.6 Å². The maximum absolute atomic E-state index is 10.7. The number of likely N-dealkylation sites (N-methyl/N-ethyl adjacent to an activating group) is 1. The Labute approximate surface area is 100 Å². The van der Waals surface area contributed by atoms with Crippen molar-refractivity contribution in [1.82, 2.24) is 9.97 Å². The summed E-state index contributed by atoms with van der Waals surface area (Å²) >= 11 is 0. The third-order valence-corrected chi connectivity index (χ3v) is 2.42. The van der Waals surface area contributed by atoms with Crippen LogP contribution < -0.4 is 4.90 Å². The molecule has 1 aromatic rings. The topological polar surface area (TPSA) is 75.6 Å². The summed E-state index contributed by atoms with van der Waals surface area (Å²) in [5.41, 5.74) is 0.0872. The molecule has 1 rings (SSSR count). The van der Waals surface area contributed by atoms with Crippen LogP contribution in [0.25, 0.3) is 0 Å². The van der Waals surface area contributed by atoms with Crippen LogP contribution in [0, 0.1) is 0 Å². The maximum Gasteiger partial charge on any atom is 0.338 e. The highest BCUT2D eigenvalue weighted by molar-refractivity contribution is 5.86. The van der Waals surface area contributed by atoms with Gasteiger partial charge in [-0.2, -0.15) is 0 Å². The highest BCUT2D eigenvalue weighted by Gasteiger charge is 2.15. The van der Waals surface area contributed by atoms with Gasteiger partial charge in [-0.15, -0.1) is 0 Å². The number of carboxylic acids is 1. The second-order valence-electron chi connectivity index (χ2n) is 3.67. The van der Waals surface area contributed by atoms with Gasteiger partial charge in [0.05, 0.1) is 18.2 Å². The Kier molecular flexibility index (Phi) is 4.84. The van der Waals surface area contributed by atoms with Gasteiger partial charge in [-0.1, -0.05) is 0 Å². The average molecular weight is 239 g/mol. The van der Waals surface area contributed by atoms with Gasteiger partial charge >= 0.3 is 5.97 Å². The molecule has 17 heavy (non-hydrogen) atoms. The number of anilines is 1. The number of carboxylic acid groups (broad SMARTS) is 1. The molecule has 6 heteroatoms. The molecule has 1 heterocycles. The number of rotatable bonds is 6. The van der Waals surface area contributed by atoms with Crippen LogP contribution in [-0.4, -0.2) is 47.3 Å². The summed E-state index contributed by atoms with van der Waals surface area (Å²) in [6.45, 7) is 5.29. The predicted octanol–water partition coefficient (Wildman–Crippen LogP) is 1.04. The fourth-order valence-corrected chi connectivity index (χ4v) is 1.56. The Hall–Kier alpha value is -1.69. The minimum Gasteiger partial charge on any atom is -0.478 e. The second-order valence-corrected chi connectivity index (χ2v) is 3.67. The quantitative estimate of drug-likeness (QED) is 0.799. The van der Waals surface area contributed by atoms with E-state index in [9.17, 15) is 4.79 Å². The Bertz CT molecular complexity index is 367. The van der Waals surface area contributed by atoms with E-state index >= 15 is 0 Å². The zero-order chi connectivity index (χ0) is 12.8. The van der Waals surface area contributed by atoms with Crippen LogP contribution in [0.3, 0.4) is 0 Å². The number of hydrogen-bond acceptors (Lipinski definition) is 5. The minimum atomic E-state index is -1.02. The van der Waals surface area contributed by atoms with E-state index in [4.69, 9.17) is 9.84 Å². The molecular formula is C11H17N3O3. The molecule has 0 aliphatic carbocycles. The van der Waals surface area contributed by atoms with Crippen LogP contribution in [-0.2, 0) is 4.74 Å². The first-order chi connectivity index (χ1) is 8.10. The lowest BCUT2D eigenvalue weighted by Crippen LogP contribution is -2.37. The van der Waals surface area contributed by atoms with Crippen molar-refractivity contribution in [2.75, 3.05) is 25.2 Å². The molecule has 1 N–H and O–H groups in total. The van der Waals surface area contributed by atoms with Crippen molar-refractivity contribution in [3.8, 4) is 0 Å². The van der Waals surface area contributed by atoms with Gasteiger partial charge < -0.3 is 14.7 Å². The Morgan fingerprint density at radius 1 is 1.53 bits per heavy atom. The fourth-order valence-electron chi connectivity index (χ4n) is 1.56. The SMILES string of the molecule is CCN(c1ncc(C(=O)O)cn1)C(C)COC. The average Bonchev–Trinajstić information content (AvgIpc) is 2.31. The number of hydrogen-bond donors (Lipinski definition) is 1. The van der Waals surface area contributed by atoms with Gasteiger partial charge in [0.25, 0.3) is 0 Å². The van der Waals surface area contributed by atoms with Crippen molar-refractivity contribution in [2.24, 2.45) is 0 Å². The minimum absolute atomic E-state index is 0.0872. The lowest BCUT2D eigenvalue weighted by molar-refractivity contribution is 0.0696. The molecule has 0 aliphatic heterocycles. The van der Waals surface area contributed by atoms with E-state index in [2.05, 4.69) is 9.97 Å². The van der Waals surface area contributed by atoms with Gasteiger partial charge in [-0.05, 0) is 13.8 Å². The van der Waals surface area contributed by atoms with Crippen LogP contribution >= 0.6 is 0 Å². The van der Waals surface area contributed by atoms with E-state index < -0.39 is 5.97 Å². The molecule has 1 atom stereocenters. The summed E-state index contributed by atoms with van der Waals surface area (Å²) in [5, 5.41) is 8.75. The molecular weight excluding hydrogens is 222 g/mol. The summed E-state index contributed by atoms with van der Waals surface area (Å²) in [6.07, 6.45) is 2.62. The molecule has 6 nitrogen and oxygen atoms in total. The van der Waals surface area contributed by atoms with Gasteiger partial charge in [-0.25, -0.2) is 14.8 Å². The maximum atomic E-state index is 10.7. The predicted molar refractivity (Wildman–Crippen MR) is 63.3 cm³/mol. The lowest BCUT2D eigenvalue weighted by Gasteiger charge is -2.27. The zero-order valence-electron chi connectivity index (χ0n) is 10.3. The van der Waals surface area contributed by atoms with Crippen LogP contribution in [0.1, 0.15) is 24.2 Å². The van der Waals surface area contributed by atoms with Crippen molar-refractivity contribution in [3.05, 3.63) is 18.0 Å². The number of nitrogens with zero attached hydrogens (tertiary/aromatic N) is 3. The van der Waals surface area contributed by atoms with Crippen molar-refractivity contribution in [2.45, 2.75) is 19.9 Å². The van der Waals surface area contributed by atoms with Crippen molar-refractivity contribution >= 4 is 11.9 Å². The Balaban J connectivity index is 2.85. The summed E-state index contributed by atoms with van der Waals surface area (Å²) < 4.78 is 5.08. The van der Waals surface area contributed by atoms with E-state index in [1.54, 1.807) is 7.11 Å². The number of aromatic nitrogens is 2. The molecule has 0 saturated heterocycles. The molecule has 0 radical (unpaired) electrons. The van der Waals surface area contributed by atoms with E-state index in [0.717, 1.165) is 6.54 Å². The first-order valence-corrected chi connectivity index (χ1v) is 5.41. The molecule has 0 bridgehead atoms. The molecule has 0 spiro atoms. The summed E-state index contributed by atoms with van der Waals surface area (Å²) in [7, 11) is 1.64. The van der Waals surface area contributed by atoms with Crippen LogP contribution in [0.4, 0.5) is 5.95 Å². The van der Waals surface area contributed by atoms with Crippen LogP contribution in [0.2, 0.25) is 0 Å². The summed E-state index contributed by atoms with van der Waals surface area (Å²) in [6, 6.07) is 0.140. The largest absolute Gasteiger partial charge is 0.478 e. The molecule has 0 aromatic carbocycles. The molecule has 1 unspecified atom stereocenters. The number of carbonyl (C=O) groups is 1. The number of ether oxygens (including phenoxy) is 1. The second kappa shape index (κ2) is 6.15. The smallest absolute Gasteiger partial charge is 0.338 e. The lowest BCUT2D eigenvalue weighted by atomic mass is 10.3. The molecule has 0 amide bonds. The van der Waals surface area contributed by atoms with Gasteiger partial charge in [0, 0.05) is 26.0 Å². The Morgan fingerprint density at radius 2 is 2.12 bits per heavy atom. The Morgan fingerprint density at radius 3 is 2.53 bits per heavy atom. The van der Waals surface area contributed by atoms with Gasteiger partial charge in [-0.3, -0.25) is 0 Å². The molecule has 0 fully saturated rings. The fraction of sp³-hybridized carbons (Fsp3) is 0.545. The molecule has 0 saturated carbocycles. The van der Waals surface area contributed by atoms with E-state index in [-0.39, 0.29) is 11.6 Å². The third kappa shape index (κ3) is 3.39. The zero-order valence-corrected chi connectivity index (χ0v) is 10.3. The normalized spacial score (nSPS) is 12.2. The van der Waals surface area contributed by atoms with E-state index in [1.807, 2.05) is 18.7 Å². The highest BCUT2D eigenvalue weighted by Crippen LogP contribution is 2.11. The first kappa shape index (κ1) is 13.4. The molecule has 94 valence electrons.